The molecule has 0 unspecified atom stereocenters. The lowest BCUT2D eigenvalue weighted by molar-refractivity contribution is 0.354. The van der Waals surface area contributed by atoms with Crippen LogP contribution in [0.15, 0.2) is 24.5 Å². The Morgan fingerprint density at radius 2 is 2.00 bits per heavy atom. The number of rotatable bonds is 2. The smallest absolute Gasteiger partial charge is 0.167 e. The average molecular weight is 260 g/mol. The Morgan fingerprint density at radius 3 is 2.79 bits per heavy atom. The molecule has 1 heterocycles. The zero-order valence-electron chi connectivity index (χ0n) is 10.7. The van der Waals surface area contributed by atoms with Crippen LogP contribution in [0.4, 0.5) is 10.1 Å². The number of nitrogens with zero attached hydrogens (tertiary/aromatic N) is 3. The van der Waals surface area contributed by atoms with E-state index in [1.807, 2.05) is 4.57 Å². The normalized spacial score (nSPS) is 16.7. The van der Waals surface area contributed by atoms with E-state index in [4.69, 9.17) is 5.73 Å². The Morgan fingerprint density at radius 1 is 1.21 bits per heavy atom. The van der Waals surface area contributed by atoms with E-state index in [0.29, 0.717) is 23.1 Å². The lowest BCUT2D eigenvalue weighted by Crippen LogP contribution is -2.13. The highest BCUT2D eigenvalue weighted by Gasteiger charge is 2.20. The minimum Gasteiger partial charge on any atom is -0.399 e. The van der Waals surface area contributed by atoms with Gasteiger partial charge in [0.15, 0.2) is 5.82 Å². The largest absolute Gasteiger partial charge is 0.399 e. The molecule has 0 bridgehead atoms. The Kier molecular flexibility index (Phi) is 3.19. The molecule has 1 aliphatic rings. The van der Waals surface area contributed by atoms with Crippen molar-refractivity contribution in [2.75, 3.05) is 5.73 Å². The first-order valence-electron chi connectivity index (χ1n) is 6.70. The van der Waals surface area contributed by atoms with Gasteiger partial charge in [-0.3, -0.25) is 0 Å². The summed E-state index contributed by atoms with van der Waals surface area (Å²) >= 11 is 0. The molecular weight excluding hydrogens is 243 g/mol. The van der Waals surface area contributed by atoms with Gasteiger partial charge < -0.3 is 10.3 Å². The molecule has 1 aliphatic carbocycles. The number of hydrogen-bond donors (Lipinski definition) is 1. The number of anilines is 1. The molecule has 1 saturated carbocycles. The molecule has 1 aromatic heterocycles. The maximum atomic E-state index is 13.9. The molecule has 1 aromatic carbocycles. The molecule has 1 fully saturated rings. The fourth-order valence-electron chi connectivity index (χ4n) is 2.78. The van der Waals surface area contributed by atoms with Gasteiger partial charge in [0, 0.05) is 11.7 Å². The van der Waals surface area contributed by atoms with Gasteiger partial charge in [-0.15, -0.1) is 10.2 Å². The lowest BCUT2D eigenvalue weighted by Gasteiger charge is -2.24. The summed E-state index contributed by atoms with van der Waals surface area (Å²) in [5.74, 6) is 0.274. The van der Waals surface area contributed by atoms with Crippen molar-refractivity contribution >= 4 is 5.69 Å². The molecule has 0 amide bonds. The molecule has 2 aromatic rings. The van der Waals surface area contributed by atoms with Gasteiger partial charge in [-0.05, 0) is 31.0 Å². The van der Waals surface area contributed by atoms with Crippen molar-refractivity contribution in [2.45, 2.75) is 38.1 Å². The summed E-state index contributed by atoms with van der Waals surface area (Å²) in [4.78, 5) is 0. The molecule has 0 saturated heterocycles. The van der Waals surface area contributed by atoms with Crippen molar-refractivity contribution in [2.24, 2.45) is 0 Å². The van der Waals surface area contributed by atoms with Gasteiger partial charge in [0.25, 0.3) is 0 Å². The molecule has 0 aliphatic heterocycles. The summed E-state index contributed by atoms with van der Waals surface area (Å²) in [5.41, 5.74) is 6.71. The number of nitrogen functional groups attached to an aromatic ring is 1. The van der Waals surface area contributed by atoms with Gasteiger partial charge in [-0.25, -0.2) is 4.39 Å². The second-order valence-electron chi connectivity index (χ2n) is 5.09. The van der Waals surface area contributed by atoms with Crippen molar-refractivity contribution in [3.8, 4) is 11.4 Å². The van der Waals surface area contributed by atoms with E-state index in [1.54, 1.807) is 18.5 Å². The Balaban J connectivity index is 2.01. The summed E-state index contributed by atoms with van der Waals surface area (Å²) in [6.07, 6.45) is 7.61. The predicted molar refractivity (Wildman–Crippen MR) is 72.0 cm³/mol. The molecule has 0 radical (unpaired) electrons. The van der Waals surface area contributed by atoms with Crippen molar-refractivity contribution in [1.82, 2.24) is 14.8 Å². The number of benzene rings is 1. The van der Waals surface area contributed by atoms with Gasteiger partial charge in [0.1, 0.15) is 12.1 Å². The van der Waals surface area contributed by atoms with E-state index in [1.165, 1.54) is 25.3 Å². The van der Waals surface area contributed by atoms with Crippen LogP contribution in [0.1, 0.15) is 38.1 Å². The monoisotopic (exact) mass is 260 g/mol. The molecule has 5 heteroatoms. The topological polar surface area (TPSA) is 56.7 Å². The highest BCUT2D eigenvalue weighted by Crippen LogP contribution is 2.32. The molecule has 2 N–H and O–H groups in total. The summed E-state index contributed by atoms with van der Waals surface area (Å²) in [5, 5.41) is 8.03. The Bertz CT molecular complexity index is 573. The van der Waals surface area contributed by atoms with Crippen LogP contribution in [0.25, 0.3) is 11.4 Å². The fourth-order valence-corrected chi connectivity index (χ4v) is 2.78. The fraction of sp³-hybridized carbons (Fsp3) is 0.429. The van der Waals surface area contributed by atoms with Crippen LogP contribution < -0.4 is 5.73 Å². The van der Waals surface area contributed by atoms with Crippen molar-refractivity contribution < 1.29 is 4.39 Å². The van der Waals surface area contributed by atoms with Crippen LogP contribution in [-0.4, -0.2) is 14.8 Å². The molecule has 0 spiro atoms. The summed E-state index contributed by atoms with van der Waals surface area (Å²) in [6, 6.07) is 4.93. The Labute approximate surface area is 111 Å². The highest BCUT2D eigenvalue weighted by molar-refractivity contribution is 5.62. The third-order valence-electron chi connectivity index (χ3n) is 3.77. The third kappa shape index (κ3) is 2.32. The number of hydrogen-bond acceptors (Lipinski definition) is 3. The average Bonchev–Trinajstić information content (AvgIpc) is 2.91. The van der Waals surface area contributed by atoms with E-state index in [9.17, 15) is 4.39 Å². The number of nitrogens with two attached hydrogens (primary N) is 1. The zero-order chi connectivity index (χ0) is 13.2. The minimum atomic E-state index is -0.306. The van der Waals surface area contributed by atoms with Crippen LogP contribution in [0.5, 0.6) is 0 Å². The maximum Gasteiger partial charge on any atom is 0.167 e. The third-order valence-corrected chi connectivity index (χ3v) is 3.77. The van der Waals surface area contributed by atoms with Gasteiger partial charge in [-0.1, -0.05) is 19.3 Å². The standard InChI is InChI=1S/C14H17FN4/c15-13-7-6-10(16)8-12(13)14-18-17-9-19(14)11-4-2-1-3-5-11/h6-9,11H,1-5,16H2. The van der Waals surface area contributed by atoms with Crippen LogP contribution in [-0.2, 0) is 0 Å². The van der Waals surface area contributed by atoms with E-state index >= 15 is 0 Å². The first kappa shape index (κ1) is 12.1. The van der Waals surface area contributed by atoms with E-state index in [0.717, 1.165) is 12.8 Å². The van der Waals surface area contributed by atoms with Crippen molar-refractivity contribution in [1.29, 1.82) is 0 Å². The van der Waals surface area contributed by atoms with E-state index in [2.05, 4.69) is 10.2 Å². The first-order chi connectivity index (χ1) is 9.25. The van der Waals surface area contributed by atoms with Crippen molar-refractivity contribution in [3.05, 3.63) is 30.3 Å². The van der Waals surface area contributed by atoms with Crippen LogP contribution in [0.3, 0.4) is 0 Å². The summed E-state index contributed by atoms with van der Waals surface area (Å²) in [7, 11) is 0. The molecule has 0 atom stereocenters. The number of aromatic nitrogens is 3. The SMILES string of the molecule is Nc1ccc(F)c(-c2nncn2C2CCCCC2)c1. The molecule has 100 valence electrons. The lowest BCUT2D eigenvalue weighted by atomic mass is 9.95. The Hall–Kier alpha value is -1.91. The van der Waals surface area contributed by atoms with Crippen LogP contribution >= 0.6 is 0 Å². The van der Waals surface area contributed by atoms with Gasteiger partial charge >= 0.3 is 0 Å². The predicted octanol–water partition coefficient (Wildman–Crippen LogP) is 3.17. The van der Waals surface area contributed by atoms with E-state index < -0.39 is 0 Å². The van der Waals surface area contributed by atoms with Crippen LogP contribution in [0.2, 0.25) is 0 Å². The van der Waals surface area contributed by atoms with Gasteiger partial charge in [-0.2, -0.15) is 0 Å². The maximum absolute atomic E-state index is 13.9. The van der Waals surface area contributed by atoms with Gasteiger partial charge in [0.2, 0.25) is 0 Å². The summed E-state index contributed by atoms with van der Waals surface area (Å²) in [6.45, 7) is 0. The van der Waals surface area contributed by atoms with Gasteiger partial charge in [0.05, 0.1) is 5.56 Å². The van der Waals surface area contributed by atoms with Crippen LogP contribution in [0, 0.1) is 5.82 Å². The minimum absolute atomic E-state index is 0.306. The molecular formula is C14H17FN4. The van der Waals surface area contributed by atoms with Crippen molar-refractivity contribution in [3.63, 3.8) is 0 Å². The second kappa shape index (κ2) is 4.99. The molecule has 4 nitrogen and oxygen atoms in total. The second-order valence-corrected chi connectivity index (χ2v) is 5.09. The quantitative estimate of drug-likeness (QED) is 0.844. The number of halogens is 1. The molecule has 19 heavy (non-hydrogen) atoms. The molecule has 3 rings (SSSR count). The van der Waals surface area contributed by atoms with E-state index in [-0.39, 0.29) is 5.82 Å². The highest BCUT2D eigenvalue weighted by atomic mass is 19.1. The zero-order valence-corrected chi connectivity index (χ0v) is 10.7. The summed E-state index contributed by atoms with van der Waals surface area (Å²) < 4.78 is 15.9. The first-order valence-corrected chi connectivity index (χ1v) is 6.70.